The van der Waals surface area contributed by atoms with Gasteiger partial charge < -0.3 is 15.3 Å². The Kier molecular flexibility index (Phi) is 6.62. The van der Waals surface area contributed by atoms with Crippen LogP contribution in [0.5, 0.6) is 0 Å². The van der Waals surface area contributed by atoms with E-state index in [1.54, 1.807) is 4.57 Å². The van der Waals surface area contributed by atoms with Crippen LogP contribution in [0.2, 0.25) is 0 Å². The van der Waals surface area contributed by atoms with Crippen LogP contribution in [0.25, 0.3) is 10.3 Å². The highest BCUT2D eigenvalue weighted by Gasteiger charge is 2.33. The van der Waals surface area contributed by atoms with Gasteiger partial charge in [-0.1, -0.05) is 41.7 Å². The van der Waals surface area contributed by atoms with E-state index in [-0.39, 0.29) is 24.1 Å². The van der Waals surface area contributed by atoms with Crippen LogP contribution in [-0.2, 0) is 24.3 Å². The fourth-order valence-corrected chi connectivity index (χ4v) is 5.01. The predicted octanol–water partition coefficient (Wildman–Crippen LogP) is 2.08. The molecule has 1 aromatic carbocycles. The number of fused-ring (bicyclic) bond motifs is 1. The lowest BCUT2D eigenvalue weighted by molar-refractivity contribution is -0.122. The molecule has 1 amide bonds. The number of thiazole rings is 1. The molecule has 1 saturated heterocycles. The van der Waals surface area contributed by atoms with E-state index in [4.69, 9.17) is 5.11 Å². The van der Waals surface area contributed by atoms with Gasteiger partial charge in [-0.05, 0) is 31.7 Å². The van der Waals surface area contributed by atoms with Gasteiger partial charge in [0.1, 0.15) is 11.9 Å². The van der Waals surface area contributed by atoms with Crippen molar-refractivity contribution in [1.82, 2.24) is 19.9 Å². The van der Waals surface area contributed by atoms with Gasteiger partial charge in [0, 0.05) is 32.7 Å². The number of amides is 1. The van der Waals surface area contributed by atoms with Gasteiger partial charge in [0.05, 0.1) is 0 Å². The molecule has 0 saturated carbocycles. The van der Waals surface area contributed by atoms with Crippen LogP contribution in [0, 0.1) is 0 Å². The minimum Gasteiger partial charge on any atom is -0.396 e. The minimum absolute atomic E-state index is 0.0248. The summed E-state index contributed by atoms with van der Waals surface area (Å²) in [7, 11) is 0. The Morgan fingerprint density at radius 1 is 1.29 bits per heavy atom. The third-order valence-corrected chi connectivity index (χ3v) is 6.56. The van der Waals surface area contributed by atoms with Crippen molar-refractivity contribution in [3.8, 4) is 0 Å². The van der Waals surface area contributed by atoms with E-state index in [0.29, 0.717) is 47.2 Å². The van der Waals surface area contributed by atoms with Crippen molar-refractivity contribution >= 4 is 32.7 Å². The van der Waals surface area contributed by atoms with Crippen molar-refractivity contribution in [2.45, 2.75) is 51.7 Å². The number of carbonyl (C=O) groups is 1. The van der Waals surface area contributed by atoms with Gasteiger partial charge in [0.25, 0.3) is 5.56 Å². The van der Waals surface area contributed by atoms with Gasteiger partial charge >= 0.3 is 0 Å². The number of aliphatic hydroxyl groups is 1. The first-order valence-electron chi connectivity index (χ1n) is 10.7. The molecule has 164 valence electrons. The second-order valence-corrected chi connectivity index (χ2v) is 8.57. The third-order valence-electron chi connectivity index (χ3n) is 5.57. The number of nitrogens with one attached hydrogen (secondary N) is 1. The predicted molar refractivity (Wildman–Crippen MR) is 121 cm³/mol. The average molecular weight is 442 g/mol. The second kappa shape index (κ2) is 9.57. The molecule has 0 aliphatic carbocycles. The van der Waals surface area contributed by atoms with Gasteiger partial charge in [-0.25, -0.2) is 9.97 Å². The van der Waals surface area contributed by atoms with Crippen molar-refractivity contribution in [3.63, 3.8) is 0 Å². The van der Waals surface area contributed by atoms with Crippen LogP contribution in [0.15, 0.2) is 35.1 Å². The highest BCUT2D eigenvalue weighted by atomic mass is 32.1. The van der Waals surface area contributed by atoms with Gasteiger partial charge in [0.15, 0.2) is 15.5 Å². The van der Waals surface area contributed by atoms with Crippen molar-refractivity contribution < 1.29 is 9.90 Å². The molecule has 0 spiro atoms. The van der Waals surface area contributed by atoms with Crippen LogP contribution in [0.3, 0.4) is 0 Å². The van der Waals surface area contributed by atoms with Crippen molar-refractivity contribution in [3.05, 3.63) is 52.1 Å². The topological polar surface area (TPSA) is 100 Å². The number of aliphatic hydroxyl groups excluding tert-OH is 1. The summed E-state index contributed by atoms with van der Waals surface area (Å²) in [6.45, 7) is 3.67. The van der Waals surface area contributed by atoms with E-state index >= 15 is 0 Å². The monoisotopic (exact) mass is 441 g/mol. The molecule has 0 radical (unpaired) electrons. The Bertz CT molecular complexity index is 1110. The lowest BCUT2D eigenvalue weighted by Crippen LogP contribution is -2.43. The van der Waals surface area contributed by atoms with Crippen LogP contribution >= 0.6 is 11.3 Å². The van der Waals surface area contributed by atoms with Gasteiger partial charge in [-0.15, -0.1) is 0 Å². The van der Waals surface area contributed by atoms with Crippen LogP contribution in [0.1, 0.15) is 37.6 Å². The number of aryl methyl sites for hydroxylation is 1. The van der Waals surface area contributed by atoms with Crippen LogP contribution in [-0.4, -0.2) is 44.7 Å². The Hall–Kier alpha value is -2.78. The largest absolute Gasteiger partial charge is 0.396 e. The number of carbonyl (C=O) groups excluding carboxylic acids is 1. The Balaban J connectivity index is 1.57. The first-order chi connectivity index (χ1) is 15.1. The maximum atomic E-state index is 13.0. The molecule has 0 bridgehead atoms. The van der Waals surface area contributed by atoms with E-state index in [1.165, 1.54) is 11.3 Å². The molecule has 3 heterocycles. The highest BCUT2D eigenvalue weighted by Crippen LogP contribution is 2.32. The minimum atomic E-state index is -0.300. The van der Waals surface area contributed by atoms with E-state index in [1.807, 2.05) is 42.2 Å². The van der Waals surface area contributed by atoms with E-state index < -0.39 is 0 Å². The summed E-state index contributed by atoms with van der Waals surface area (Å²) in [5.41, 5.74) is 1.25. The first-order valence-corrected chi connectivity index (χ1v) is 11.5. The number of nitrogens with zero attached hydrogens (tertiary/aromatic N) is 4. The molecule has 4 rings (SSSR count). The smallest absolute Gasteiger partial charge is 0.281 e. The van der Waals surface area contributed by atoms with E-state index in [0.717, 1.165) is 24.9 Å². The Morgan fingerprint density at radius 2 is 2.10 bits per heavy atom. The maximum absolute atomic E-state index is 13.0. The highest BCUT2D eigenvalue weighted by molar-refractivity contribution is 7.21. The zero-order chi connectivity index (χ0) is 21.8. The number of anilines is 1. The normalized spacial score (nSPS) is 16.2. The molecule has 1 atom stereocenters. The molecule has 31 heavy (non-hydrogen) atoms. The fourth-order valence-electron chi connectivity index (χ4n) is 3.99. The summed E-state index contributed by atoms with van der Waals surface area (Å²) in [6.07, 6.45) is 2.75. The summed E-state index contributed by atoms with van der Waals surface area (Å²) in [4.78, 5) is 37.7. The Morgan fingerprint density at radius 3 is 2.84 bits per heavy atom. The second-order valence-electron chi connectivity index (χ2n) is 7.61. The lowest BCUT2D eigenvalue weighted by Gasteiger charge is -2.23. The molecule has 1 fully saturated rings. The van der Waals surface area contributed by atoms with Gasteiger partial charge in [-0.3, -0.25) is 14.2 Å². The summed E-state index contributed by atoms with van der Waals surface area (Å²) in [5, 5.41) is 12.8. The van der Waals surface area contributed by atoms with E-state index in [9.17, 15) is 9.59 Å². The molecular weight excluding hydrogens is 414 g/mol. The maximum Gasteiger partial charge on any atom is 0.281 e. The lowest BCUT2D eigenvalue weighted by atomic mass is 10.2. The quantitative estimate of drug-likeness (QED) is 0.555. The van der Waals surface area contributed by atoms with Crippen molar-refractivity contribution in [2.24, 2.45) is 0 Å². The third kappa shape index (κ3) is 4.47. The van der Waals surface area contributed by atoms with Crippen LogP contribution in [0.4, 0.5) is 5.13 Å². The first kappa shape index (κ1) is 21.5. The molecular formula is C22H27N5O3S. The number of rotatable bonds is 8. The molecule has 1 aliphatic rings. The SMILES string of the molecule is CCn1c(CCCO)nc2sc(N3CCCC3C(=O)NCc3ccccc3)nc2c1=O. The molecule has 8 nitrogen and oxygen atoms in total. The van der Waals surface area contributed by atoms with Gasteiger partial charge in [0.2, 0.25) is 5.91 Å². The zero-order valence-corrected chi connectivity index (χ0v) is 18.4. The van der Waals surface area contributed by atoms with Crippen molar-refractivity contribution in [2.75, 3.05) is 18.1 Å². The summed E-state index contributed by atoms with van der Waals surface area (Å²) < 4.78 is 1.62. The number of benzene rings is 1. The number of hydrogen-bond acceptors (Lipinski definition) is 7. The molecule has 2 N–H and O–H groups in total. The zero-order valence-electron chi connectivity index (χ0n) is 17.6. The molecule has 1 unspecified atom stereocenters. The van der Waals surface area contributed by atoms with Crippen molar-refractivity contribution in [1.29, 1.82) is 0 Å². The summed E-state index contributed by atoms with van der Waals surface area (Å²) in [5.74, 6) is 0.644. The van der Waals surface area contributed by atoms with Gasteiger partial charge in [-0.2, -0.15) is 0 Å². The number of hydrogen-bond donors (Lipinski definition) is 2. The van der Waals surface area contributed by atoms with Crippen LogP contribution < -0.4 is 15.8 Å². The number of aromatic nitrogens is 3. The fraction of sp³-hybridized carbons (Fsp3) is 0.455. The molecule has 2 aromatic heterocycles. The summed E-state index contributed by atoms with van der Waals surface area (Å²) in [6, 6.07) is 9.53. The standard InChI is InChI=1S/C22H27N5O3S/c1-2-26-17(11-7-13-28)24-20-18(21(26)30)25-22(31-20)27-12-6-10-16(27)19(29)23-14-15-8-4-3-5-9-15/h3-5,8-9,16,28H,2,6-7,10-14H2,1H3,(H,23,29). The summed E-state index contributed by atoms with van der Waals surface area (Å²) >= 11 is 1.36. The van der Waals surface area contributed by atoms with E-state index in [2.05, 4.69) is 15.3 Å². The average Bonchev–Trinajstić information content (AvgIpc) is 3.44. The molecule has 1 aliphatic heterocycles. The Labute approximate surface area is 184 Å². The molecule has 3 aromatic rings. The molecule has 9 heteroatoms.